The van der Waals surface area contributed by atoms with E-state index in [2.05, 4.69) is 55.9 Å². The molecule has 0 unspecified atom stereocenters. The molecule has 5 aromatic heterocycles. The van der Waals surface area contributed by atoms with E-state index in [1.807, 2.05) is 0 Å². The Hall–Kier alpha value is -6.69. The van der Waals surface area contributed by atoms with Gasteiger partial charge in [-0.25, -0.2) is 14.6 Å². The molecule has 0 saturated heterocycles. The van der Waals surface area contributed by atoms with Crippen molar-refractivity contribution >= 4 is 89.9 Å². The van der Waals surface area contributed by atoms with Gasteiger partial charge in [-0.1, -0.05) is 22.7 Å². The lowest BCUT2D eigenvalue weighted by Gasteiger charge is -2.08. The summed E-state index contributed by atoms with van der Waals surface area (Å²) in [6.45, 7) is 7.96. The highest BCUT2D eigenvalue weighted by molar-refractivity contribution is 7.20. The van der Waals surface area contributed by atoms with Gasteiger partial charge in [0.1, 0.15) is 21.1 Å². The van der Waals surface area contributed by atoms with Crippen LogP contribution in [0.4, 0.5) is 43.0 Å². The zero-order chi connectivity index (χ0) is 39.4. The largest absolute Gasteiger partial charge is 0.486 e. The number of nitrogens with one attached hydrogen (secondary N) is 1. The predicted molar refractivity (Wildman–Crippen MR) is 198 cm³/mol. The summed E-state index contributed by atoms with van der Waals surface area (Å²) in [5.41, 5.74) is 15.2. The van der Waals surface area contributed by atoms with Crippen molar-refractivity contribution in [1.29, 1.82) is 0 Å². The summed E-state index contributed by atoms with van der Waals surface area (Å²) in [5, 5.41) is 30.0. The Morgan fingerprint density at radius 1 is 0.722 bits per heavy atom. The molecule has 0 aliphatic rings. The van der Waals surface area contributed by atoms with Crippen LogP contribution in [0.1, 0.15) is 50.2 Å². The molecule has 24 heteroatoms. The predicted octanol–water partition coefficient (Wildman–Crippen LogP) is 5.44. The molecule has 54 heavy (non-hydrogen) atoms. The van der Waals surface area contributed by atoms with Crippen LogP contribution in [-0.4, -0.2) is 87.2 Å². The van der Waals surface area contributed by atoms with Crippen molar-refractivity contribution in [2.75, 3.05) is 45.2 Å². The van der Waals surface area contributed by atoms with E-state index in [0.717, 1.165) is 22.7 Å². The van der Waals surface area contributed by atoms with E-state index in [4.69, 9.17) is 30.4 Å². The molecule has 0 spiro atoms. The second kappa shape index (κ2) is 15.9. The minimum absolute atomic E-state index is 0.00799. The Morgan fingerprint density at radius 2 is 1.22 bits per heavy atom. The molecule has 0 atom stereocenters. The number of rotatable bonds is 12. The van der Waals surface area contributed by atoms with Crippen LogP contribution in [0.25, 0.3) is 11.9 Å². The Bertz CT molecular complexity index is 2370. The van der Waals surface area contributed by atoms with Crippen LogP contribution < -0.4 is 21.5 Å². The molecule has 0 bridgehead atoms. The van der Waals surface area contributed by atoms with Gasteiger partial charge < -0.3 is 35.7 Å². The van der Waals surface area contributed by atoms with Crippen LogP contribution >= 0.6 is 22.7 Å². The number of nitrogens with two attached hydrogens (primary N) is 2. The number of methoxy groups -OCH3 is 4. The number of nitrogens with zero attached hydrogens (tertiary/aromatic N) is 12. The third-order valence-electron chi connectivity index (χ3n) is 7.34. The molecule has 22 nitrogen and oxygen atoms in total. The number of anilines is 3. The fourth-order valence-electron chi connectivity index (χ4n) is 4.75. The lowest BCUT2D eigenvalue weighted by Crippen LogP contribution is -2.14. The number of nitrogen functional groups attached to an aromatic ring is 2. The van der Waals surface area contributed by atoms with Crippen LogP contribution in [-0.2, 0) is 19.0 Å². The minimum Gasteiger partial charge on any atom is -0.486 e. The lowest BCUT2D eigenvalue weighted by atomic mass is 10.2. The Morgan fingerprint density at radius 3 is 1.69 bits per heavy atom. The van der Waals surface area contributed by atoms with Gasteiger partial charge in [0.15, 0.2) is 39.4 Å². The first-order valence-electron chi connectivity index (χ1n) is 15.3. The van der Waals surface area contributed by atoms with Gasteiger partial charge in [-0.05, 0) is 27.7 Å². The first-order chi connectivity index (χ1) is 25.7. The average molecular weight is 780 g/mol. The van der Waals surface area contributed by atoms with E-state index >= 15 is 0 Å². The van der Waals surface area contributed by atoms with Crippen molar-refractivity contribution in [3.63, 3.8) is 0 Å². The molecule has 5 heterocycles. The van der Waals surface area contributed by atoms with E-state index in [1.165, 1.54) is 51.1 Å². The monoisotopic (exact) mass is 779 g/mol. The van der Waals surface area contributed by atoms with Crippen molar-refractivity contribution in [2.24, 2.45) is 25.4 Å². The molecule has 0 saturated carbocycles. The Balaban J connectivity index is 1.53. The third-order valence-corrected chi connectivity index (χ3v) is 9.51. The summed E-state index contributed by atoms with van der Waals surface area (Å²) in [6.07, 6.45) is 1.23. The van der Waals surface area contributed by atoms with Gasteiger partial charge in [-0.3, -0.25) is 4.79 Å². The van der Waals surface area contributed by atoms with Crippen molar-refractivity contribution < 1.29 is 33.3 Å². The minimum atomic E-state index is -0.661. The number of esters is 2. The number of hydrogen-bond acceptors (Lipinski definition) is 21. The first kappa shape index (κ1) is 38.5. The van der Waals surface area contributed by atoms with Crippen LogP contribution in [0, 0.1) is 27.7 Å². The molecular formula is C30H33N15O7S2. The number of aliphatic imine (C=N–C) groups is 1. The third kappa shape index (κ3) is 7.45. The molecule has 0 fully saturated rings. The Kier molecular flexibility index (Phi) is 11.4. The second-order valence-corrected chi connectivity index (χ2v) is 12.8. The normalized spacial score (nSPS) is 11.6. The smallest absolute Gasteiger partial charge is 0.341 e. The van der Waals surface area contributed by atoms with Crippen LogP contribution in [0.2, 0.25) is 0 Å². The van der Waals surface area contributed by atoms with Gasteiger partial charge in [-0.15, -0.1) is 20.5 Å². The zero-order valence-electron chi connectivity index (χ0n) is 30.3. The Labute approximate surface area is 314 Å². The molecule has 5 aromatic rings. The number of carbonyl (C=O) groups excluding carboxylic acids is 3. The van der Waals surface area contributed by atoms with Gasteiger partial charge in [0.05, 0.1) is 39.8 Å². The number of hydrogen-bond donors (Lipinski definition) is 3. The zero-order valence-corrected chi connectivity index (χ0v) is 31.9. The molecule has 0 radical (unpaired) electrons. The lowest BCUT2D eigenvalue weighted by molar-refractivity contribution is -0.114. The molecule has 0 aliphatic carbocycles. The highest BCUT2D eigenvalue weighted by Gasteiger charge is 2.26. The van der Waals surface area contributed by atoms with Gasteiger partial charge in [0.25, 0.3) is 11.9 Å². The molecule has 0 aliphatic heterocycles. The van der Waals surface area contributed by atoms with Crippen LogP contribution in [0.15, 0.2) is 25.4 Å². The topological polar surface area (TPSA) is 288 Å². The van der Waals surface area contributed by atoms with Gasteiger partial charge in [-0.2, -0.15) is 34.5 Å². The number of aryl methyl sites for hydroxylation is 2. The highest BCUT2D eigenvalue weighted by Crippen LogP contribution is 2.43. The maximum Gasteiger partial charge on any atom is 0.341 e. The number of thiophene rings is 2. The fraction of sp³-hybridized carbons (Fsp3) is 0.300. The van der Waals surface area contributed by atoms with E-state index in [0.29, 0.717) is 32.5 Å². The number of ether oxygens (including phenoxy) is 4. The average Bonchev–Trinajstić information content (AvgIpc) is 3.83. The molecule has 282 valence electrons. The SMILES string of the molecule is CO/C=N\c1sc(/N=N/c2c(C)nn(-c3nc(OC)nc(-n4nc(C)c(/N=N/c5sc(NC(C)=O)c(C)c5C(=O)OC)c4N)n3)c2N)c(C(=O)OC)c1C. The fourth-order valence-corrected chi connectivity index (χ4v) is 6.76. The standard InChI is InChI=1S/C30H33N15O7S2/c1-11-16(26(47)50-7)24(53-22(11)33-10-49-6)40-38-18-13(3)42-44(20(18)31)28-35-29(37-30(36-28)52-9)45-21(32)19(14(4)43-45)39-41-25-17(27(48)51-8)12(2)23(54-25)34-15(5)46/h10H,31-32H2,1-9H3,(H,34,46)/b33-10-,40-38+,41-39+. The number of aromatic nitrogens is 7. The number of azo groups is 2. The van der Waals surface area contributed by atoms with Crippen molar-refractivity contribution in [3.05, 3.63) is 33.6 Å². The summed E-state index contributed by atoms with van der Waals surface area (Å²) in [7, 11) is 5.28. The molecule has 5 N–H and O–H groups in total. The number of carbonyl (C=O) groups is 3. The highest BCUT2D eigenvalue weighted by atomic mass is 32.1. The first-order valence-corrected chi connectivity index (χ1v) is 17.0. The van der Waals surface area contributed by atoms with Crippen LogP contribution in [0.5, 0.6) is 6.01 Å². The van der Waals surface area contributed by atoms with Gasteiger partial charge in [0.2, 0.25) is 5.91 Å². The molecule has 5 rings (SSSR count). The van der Waals surface area contributed by atoms with Gasteiger partial charge >= 0.3 is 17.9 Å². The van der Waals surface area contributed by atoms with Crippen LogP contribution in [0.3, 0.4) is 0 Å². The quantitative estimate of drug-likeness (QED) is 0.0615. The summed E-state index contributed by atoms with van der Waals surface area (Å²) < 4.78 is 22.5. The maximum absolute atomic E-state index is 12.6. The van der Waals surface area contributed by atoms with Gasteiger partial charge in [0, 0.05) is 18.1 Å². The molecule has 1 amide bonds. The van der Waals surface area contributed by atoms with E-state index < -0.39 is 11.9 Å². The maximum atomic E-state index is 12.6. The van der Waals surface area contributed by atoms with E-state index in [-0.39, 0.29) is 68.0 Å². The summed E-state index contributed by atoms with van der Waals surface area (Å²) in [4.78, 5) is 54.2. The summed E-state index contributed by atoms with van der Waals surface area (Å²) >= 11 is 2.13. The van der Waals surface area contributed by atoms with E-state index in [9.17, 15) is 14.4 Å². The molecular weight excluding hydrogens is 747 g/mol. The molecule has 0 aromatic carbocycles. The summed E-state index contributed by atoms with van der Waals surface area (Å²) in [5.74, 6) is -1.82. The second-order valence-electron chi connectivity index (χ2n) is 10.9. The summed E-state index contributed by atoms with van der Waals surface area (Å²) in [6, 6.07) is -0.135. The number of amides is 1. The van der Waals surface area contributed by atoms with Crippen molar-refractivity contribution in [1.82, 2.24) is 34.5 Å². The van der Waals surface area contributed by atoms with E-state index in [1.54, 1.807) is 27.7 Å². The van der Waals surface area contributed by atoms with Crippen molar-refractivity contribution in [2.45, 2.75) is 34.6 Å². The van der Waals surface area contributed by atoms with Crippen molar-refractivity contribution in [3.8, 4) is 17.9 Å².